The minimum Gasteiger partial charge on any atom is -0.312 e. The molecule has 0 aliphatic heterocycles. The van der Waals surface area contributed by atoms with E-state index in [1.54, 1.807) is 0 Å². The van der Waals surface area contributed by atoms with Gasteiger partial charge in [0, 0.05) is 18.1 Å². The molecule has 0 heterocycles. The van der Waals surface area contributed by atoms with Gasteiger partial charge in [-0.2, -0.15) is 0 Å². The Morgan fingerprint density at radius 1 is 1.10 bits per heavy atom. The van der Waals surface area contributed by atoms with Crippen LogP contribution in [0.1, 0.15) is 51.7 Å². The Kier molecular flexibility index (Phi) is 5.22. The predicted molar refractivity (Wildman–Crippen MR) is 87.0 cm³/mol. The molecule has 112 valence electrons. The summed E-state index contributed by atoms with van der Waals surface area (Å²) >= 11 is 0. The van der Waals surface area contributed by atoms with Crippen molar-refractivity contribution in [2.45, 2.75) is 65.1 Å². The summed E-state index contributed by atoms with van der Waals surface area (Å²) in [6, 6.07) is 10.0. The van der Waals surface area contributed by atoms with Crippen molar-refractivity contribution >= 4 is 0 Å². The first-order valence-electron chi connectivity index (χ1n) is 8.05. The molecule has 1 aliphatic carbocycles. The van der Waals surface area contributed by atoms with Gasteiger partial charge in [-0.3, -0.25) is 4.90 Å². The molecule has 0 aromatic heterocycles. The minimum atomic E-state index is 0.214. The molecule has 20 heavy (non-hydrogen) atoms. The second-order valence-electron chi connectivity index (χ2n) is 7.04. The minimum absolute atomic E-state index is 0.214. The van der Waals surface area contributed by atoms with Gasteiger partial charge in [-0.05, 0) is 64.3 Å². The van der Waals surface area contributed by atoms with Crippen molar-refractivity contribution in [3.63, 3.8) is 0 Å². The average Bonchev–Trinajstić information content (AvgIpc) is 3.20. The van der Waals surface area contributed by atoms with Crippen LogP contribution in [0.25, 0.3) is 0 Å². The van der Waals surface area contributed by atoms with Crippen LogP contribution in [0.5, 0.6) is 0 Å². The third-order valence-corrected chi connectivity index (χ3v) is 3.95. The van der Waals surface area contributed by atoms with E-state index >= 15 is 0 Å². The normalized spacial score (nSPS) is 15.8. The summed E-state index contributed by atoms with van der Waals surface area (Å²) in [6.45, 7) is 12.2. The number of nitrogens with zero attached hydrogens (tertiary/aromatic N) is 1. The van der Waals surface area contributed by atoms with Crippen LogP contribution in [-0.4, -0.2) is 29.6 Å². The van der Waals surface area contributed by atoms with Crippen LogP contribution in [0.15, 0.2) is 24.3 Å². The summed E-state index contributed by atoms with van der Waals surface area (Å²) in [6.07, 6.45) is 3.90. The molecule has 1 saturated carbocycles. The zero-order valence-electron chi connectivity index (χ0n) is 13.6. The zero-order valence-corrected chi connectivity index (χ0v) is 13.6. The number of rotatable bonds is 7. The van der Waals surface area contributed by atoms with E-state index in [0.29, 0.717) is 0 Å². The lowest BCUT2D eigenvalue weighted by Gasteiger charge is -2.21. The Labute approximate surface area is 124 Å². The van der Waals surface area contributed by atoms with Crippen LogP contribution >= 0.6 is 0 Å². The monoisotopic (exact) mass is 274 g/mol. The lowest BCUT2D eigenvalue weighted by Crippen LogP contribution is -2.37. The summed E-state index contributed by atoms with van der Waals surface area (Å²) < 4.78 is 0. The van der Waals surface area contributed by atoms with Gasteiger partial charge < -0.3 is 5.32 Å². The molecule has 1 N–H and O–H groups in total. The number of nitrogens with one attached hydrogen (secondary N) is 1. The van der Waals surface area contributed by atoms with Gasteiger partial charge in [0.1, 0.15) is 0 Å². The van der Waals surface area contributed by atoms with Crippen LogP contribution in [0, 0.1) is 0 Å². The lowest BCUT2D eigenvalue weighted by molar-refractivity contribution is 0.269. The molecule has 2 nitrogen and oxygen atoms in total. The standard InChI is InChI=1S/C18H30N2/c1-5-20(17-10-11-17)14-16-8-6-15(7-9-16)12-13-19-18(2,3)4/h6-9,17,19H,5,10-14H2,1-4H3. The molecule has 2 heteroatoms. The predicted octanol–water partition coefficient (Wildman–Crippen LogP) is 3.60. The molecule has 0 bridgehead atoms. The van der Waals surface area contributed by atoms with Gasteiger partial charge in [0.15, 0.2) is 0 Å². The Morgan fingerprint density at radius 2 is 1.70 bits per heavy atom. The molecule has 2 rings (SSSR count). The molecule has 0 radical (unpaired) electrons. The van der Waals surface area contributed by atoms with Crippen LogP contribution in [0.4, 0.5) is 0 Å². The van der Waals surface area contributed by atoms with Gasteiger partial charge in [0.2, 0.25) is 0 Å². The van der Waals surface area contributed by atoms with Gasteiger partial charge in [0.05, 0.1) is 0 Å². The van der Waals surface area contributed by atoms with Crippen molar-refractivity contribution in [3.05, 3.63) is 35.4 Å². The van der Waals surface area contributed by atoms with E-state index in [9.17, 15) is 0 Å². The van der Waals surface area contributed by atoms with Crippen molar-refractivity contribution < 1.29 is 0 Å². The summed E-state index contributed by atoms with van der Waals surface area (Å²) in [5.74, 6) is 0. The second kappa shape index (κ2) is 6.73. The fourth-order valence-electron chi connectivity index (χ4n) is 2.57. The van der Waals surface area contributed by atoms with Crippen molar-refractivity contribution in [3.8, 4) is 0 Å². The van der Waals surface area contributed by atoms with E-state index in [1.807, 2.05) is 0 Å². The third-order valence-electron chi connectivity index (χ3n) is 3.95. The molecule has 0 atom stereocenters. The molecule has 0 amide bonds. The van der Waals surface area contributed by atoms with Gasteiger partial charge in [-0.25, -0.2) is 0 Å². The maximum atomic E-state index is 3.54. The second-order valence-corrected chi connectivity index (χ2v) is 7.04. The van der Waals surface area contributed by atoms with Gasteiger partial charge in [0.25, 0.3) is 0 Å². The summed E-state index contributed by atoms with van der Waals surface area (Å²) in [7, 11) is 0. The quantitative estimate of drug-likeness (QED) is 0.817. The number of benzene rings is 1. The van der Waals surface area contributed by atoms with Crippen LogP contribution in [-0.2, 0) is 13.0 Å². The third kappa shape index (κ3) is 5.26. The van der Waals surface area contributed by atoms with E-state index in [1.165, 1.54) is 30.5 Å². The maximum absolute atomic E-state index is 3.54. The van der Waals surface area contributed by atoms with E-state index in [4.69, 9.17) is 0 Å². The number of hydrogen-bond acceptors (Lipinski definition) is 2. The highest BCUT2D eigenvalue weighted by Gasteiger charge is 2.27. The van der Waals surface area contributed by atoms with Crippen LogP contribution < -0.4 is 5.32 Å². The van der Waals surface area contributed by atoms with E-state index < -0.39 is 0 Å². The Morgan fingerprint density at radius 3 is 2.20 bits per heavy atom. The molecule has 1 aromatic rings. The first-order chi connectivity index (χ1) is 9.48. The highest BCUT2D eigenvalue weighted by Crippen LogP contribution is 2.27. The molecule has 1 fully saturated rings. The van der Waals surface area contributed by atoms with Gasteiger partial charge in [-0.15, -0.1) is 0 Å². The zero-order chi connectivity index (χ0) is 14.6. The van der Waals surface area contributed by atoms with Crippen molar-refractivity contribution in [2.75, 3.05) is 13.1 Å². The molecule has 0 unspecified atom stereocenters. The molecule has 1 aliphatic rings. The Balaban J connectivity index is 1.80. The van der Waals surface area contributed by atoms with Crippen LogP contribution in [0.3, 0.4) is 0 Å². The van der Waals surface area contributed by atoms with E-state index in [-0.39, 0.29) is 5.54 Å². The average molecular weight is 274 g/mol. The molecule has 0 spiro atoms. The molecule has 0 saturated heterocycles. The summed E-state index contributed by atoms with van der Waals surface area (Å²) in [5, 5.41) is 3.54. The Hall–Kier alpha value is -0.860. The molecular weight excluding hydrogens is 244 g/mol. The molecule has 1 aromatic carbocycles. The highest BCUT2D eigenvalue weighted by molar-refractivity contribution is 5.23. The smallest absolute Gasteiger partial charge is 0.0236 e. The summed E-state index contributed by atoms with van der Waals surface area (Å²) in [4.78, 5) is 2.59. The topological polar surface area (TPSA) is 15.3 Å². The van der Waals surface area contributed by atoms with Gasteiger partial charge >= 0.3 is 0 Å². The lowest BCUT2D eigenvalue weighted by atomic mass is 10.1. The fourth-order valence-corrected chi connectivity index (χ4v) is 2.57. The largest absolute Gasteiger partial charge is 0.312 e. The van der Waals surface area contributed by atoms with Crippen LogP contribution in [0.2, 0.25) is 0 Å². The number of hydrogen-bond donors (Lipinski definition) is 1. The first kappa shape index (κ1) is 15.5. The fraction of sp³-hybridized carbons (Fsp3) is 0.667. The maximum Gasteiger partial charge on any atom is 0.0236 e. The van der Waals surface area contributed by atoms with Crippen molar-refractivity contribution in [1.29, 1.82) is 0 Å². The van der Waals surface area contributed by atoms with Crippen molar-refractivity contribution in [2.24, 2.45) is 0 Å². The van der Waals surface area contributed by atoms with E-state index in [2.05, 4.69) is 62.2 Å². The van der Waals surface area contributed by atoms with Gasteiger partial charge in [-0.1, -0.05) is 31.2 Å². The summed E-state index contributed by atoms with van der Waals surface area (Å²) in [5.41, 5.74) is 3.09. The Bertz CT molecular complexity index is 398. The first-order valence-corrected chi connectivity index (χ1v) is 8.05. The van der Waals surface area contributed by atoms with Crippen molar-refractivity contribution in [1.82, 2.24) is 10.2 Å². The highest BCUT2D eigenvalue weighted by atomic mass is 15.2. The van der Waals surface area contributed by atoms with E-state index in [0.717, 1.165) is 25.6 Å². The SMILES string of the molecule is CCN(Cc1ccc(CCNC(C)(C)C)cc1)C1CC1. The molecular formula is C18H30N2.